The molecule has 1 unspecified atom stereocenters. The molecule has 0 aliphatic heterocycles. The number of hydrogen-bond acceptors (Lipinski definition) is 3. The number of nitrogens with one attached hydrogen (secondary N) is 2. The largest absolute Gasteiger partial charge is 0.383 e. The molecule has 0 radical (unpaired) electrons. The number of hydrogen-bond donors (Lipinski definition) is 2. The molecule has 1 aromatic carbocycles. The third-order valence-corrected chi connectivity index (χ3v) is 2.99. The maximum absolute atomic E-state index is 11.8. The Balaban J connectivity index is 2.43. The minimum absolute atomic E-state index is 0.0172. The Labute approximate surface area is 115 Å². The molecule has 2 N–H and O–H groups in total. The number of carbonyl (C=O) groups is 1. The van der Waals surface area contributed by atoms with Crippen LogP contribution in [-0.2, 0) is 9.53 Å². The molecule has 1 aromatic rings. The molecule has 1 amide bonds. The van der Waals surface area contributed by atoms with E-state index in [1.807, 2.05) is 0 Å². The van der Waals surface area contributed by atoms with Crippen molar-refractivity contribution in [3.8, 4) is 0 Å². The zero-order valence-corrected chi connectivity index (χ0v) is 12.0. The monoisotopic (exact) mass is 264 g/mol. The van der Waals surface area contributed by atoms with Crippen molar-refractivity contribution in [1.82, 2.24) is 10.6 Å². The van der Waals surface area contributed by atoms with Gasteiger partial charge in [-0.1, -0.05) is 36.8 Å². The van der Waals surface area contributed by atoms with E-state index in [2.05, 4.69) is 48.7 Å². The number of aryl methyl sites for hydroxylation is 1. The molecule has 0 heterocycles. The number of amides is 1. The van der Waals surface area contributed by atoms with Gasteiger partial charge in [-0.3, -0.25) is 4.79 Å². The molecule has 4 nitrogen and oxygen atoms in total. The minimum Gasteiger partial charge on any atom is -0.383 e. The molecule has 1 atom stereocenters. The molecular formula is C15H24N2O2. The molecule has 1 rings (SSSR count). The maximum Gasteiger partial charge on any atom is 0.234 e. The first-order valence-corrected chi connectivity index (χ1v) is 6.73. The average Bonchev–Trinajstić information content (AvgIpc) is 2.42. The van der Waals surface area contributed by atoms with E-state index in [0.717, 1.165) is 12.0 Å². The second kappa shape index (κ2) is 8.67. The summed E-state index contributed by atoms with van der Waals surface area (Å²) < 4.78 is 4.91. The highest BCUT2D eigenvalue weighted by Gasteiger charge is 2.11. The number of carbonyl (C=O) groups excluding carboxylic acids is 1. The van der Waals surface area contributed by atoms with Gasteiger partial charge in [-0.25, -0.2) is 0 Å². The third-order valence-electron chi connectivity index (χ3n) is 2.99. The van der Waals surface area contributed by atoms with Crippen LogP contribution in [0, 0.1) is 6.92 Å². The van der Waals surface area contributed by atoms with Crippen molar-refractivity contribution >= 4 is 5.91 Å². The van der Waals surface area contributed by atoms with Crippen LogP contribution in [0.25, 0.3) is 0 Å². The number of rotatable bonds is 8. The summed E-state index contributed by atoms with van der Waals surface area (Å²) >= 11 is 0. The van der Waals surface area contributed by atoms with E-state index in [1.54, 1.807) is 7.11 Å². The quantitative estimate of drug-likeness (QED) is 0.704. The first-order valence-electron chi connectivity index (χ1n) is 6.73. The van der Waals surface area contributed by atoms with Crippen molar-refractivity contribution in [2.75, 3.05) is 26.8 Å². The smallest absolute Gasteiger partial charge is 0.234 e. The lowest BCUT2D eigenvalue weighted by Crippen LogP contribution is -2.37. The topological polar surface area (TPSA) is 50.4 Å². The molecule has 4 heteroatoms. The van der Waals surface area contributed by atoms with Gasteiger partial charge in [0.1, 0.15) is 0 Å². The molecule has 0 fully saturated rings. The Morgan fingerprint density at radius 3 is 2.58 bits per heavy atom. The molecule has 0 saturated heterocycles. The summed E-state index contributed by atoms with van der Waals surface area (Å²) in [5.41, 5.74) is 2.38. The molecule has 0 saturated carbocycles. The van der Waals surface area contributed by atoms with E-state index in [-0.39, 0.29) is 11.9 Å². The fraction of sp³-hybridized carbons (Fsp3) is 0.533. The van der Waals surface area contributed by atoms with Crippen LogP contribution in [-0.4, -0.2) is 32.7 Å². The van der Waals surface area contributed by atoms with Gasteiger partial charge in [0.2, 0.25) is 5.91 Å². The summed E-state index contributed by atoms with van der Waals surface area (Å²) in [6.45, 7) is 5.76. The number of methoxy groups -OCH3 is 1. The highest BCUT2D eigenvalue weighted by molar-refractivity contribution is 5.78. The van der Waals surface area contributed by atoms with Crippen LogP contribution >= 0.6 is 0 Å². The Hall–Kier alpha value is -1.39. The summed E-state index contributed by atoms with van der Waals surface area (Å²) in [5, 5.41) is 6.08. The normalized spacial score (nSPS) is 12.2. The summed E-state index contributed by atoms with van der Waals surface area (Å²) in [6.07, 6.45) is 0.882. The van der Waals surface area contributed by atoms with Gasteiger partial charge in [0, 0.05) is 13.7 Å². The molecule has 0 aliphatic carbocycles. The molecule has 0 spiro atoms. The van der Waals surface area contributed by atoms with Gasteiger partial charge < -0.3 is 15.4 Å². The second-order valence-electron chi connectivity index (χ2n) is 4.61. The van der Waals surface area contributed by atoms with E-state index in [9.17, 15) is 4.79 Å². The Bertz CT molecular complexity index is 376. The van der Waals surface area contributed by atoms with Crippen molar-refractivity contribution < 1.29 is 9.53 Å². The first-order chi connectivity index (χ1) is 9.17. The Kier molecular flexibility index (Phi) is 7.15. The van der Waals surface area contributed by atoms with Gasteiger partial charge in [-0.2, -0.15) is 0 Å². The van der Waals surface area contributed by atoms with Crippen LogP contribution in [0.4, 0.5) is 0 Å². The zero-order chi connectivity index (χ0) is 14.1. The first kappa shape index (κ1) is 15.7. The molecule has 0 aliphatic rings. The lowest BCUT2D eigenvalue weighted by Gasteiger charge is -2.18. The fourth-order valence-electron chi connectivity index (χ4n) is 1.84. The minimum atomic E-state index is 0.0172. The van der Waals surface area contributed by atoms with Crippen LogP contribution in [0.2, 0.25) is 0 Å². The average molecular weight is 264 g/mol. The van der Waals surface area contributed by atoms with Crippen molar-refractivity contribution in [3.05, 3.63) is 35.4 Å². The van der Waals surface area contributed by atoms with Crippen LogP contribution in [0.3, 0.4) is 0 Å². The van der Waals surface area contributed by atoms with Gasteiger partial charge in [-0.05, 0) is 18.9 Å². The summed E-state index contributed by atoms with van der Waals surface area (Å²) in [4.78, 5) is 11.8. The summed E-state index contributed by atoms with van der Waals surface area (Å²) in [6, 6.07) is 8.36. The predicted octanol–water partition coefficient (Wildman–Crippen LogP) is 1.80. The van der Waals surface area contributed by atoms with E-state index in [1.165, 1.54) is 5.56 Å². The van der Waals surface area contributed by atoms with Crippen molar-refractivity contribution in [2.24, 2.45) is 0 Å². The lowest BCUT2D eigenvalue weighted by molar-refractivity contribution is -0.121. The van der Waals surface area contributed by atoms with Gasteiger partial charge in [-0.15, -0.1) is 0 Å². The maximum atomic E-state index is 11.8. The van der Waals surface area contributed by atoms with Gasteiger partial charge >= 0.3 is 0 Å². The number of benzene rings is 1. The van der Waals surface area contributed by atoms with E-state index >= 15 is 0 Å². The van der Waals surface area contributed by atoms with E-state index < -0.39 is 0 Å². The van der Waals surface area contributed by atoms with Crippen LogP contribution in [0.15, 0.2) is 24.3 Å². The van der Waals surface area contributed by atoms with Crippen molar-refractivity contribution in [3.63, 3.8) is 0 Å². The highest BCUT2D eigenvalue weighted by Crippen LogP contribution is 2.16. The SMILES string of the molecule is CCC(NC(=O)CNCCOC)c1ccc(C)cc1. The molecule has 0 aromatic heterocycles. The van der Waals surface area contributed by atoms with Gasteiger partial charge in [0.05, 0.1) is 19.2 Å². The van der Waals surface area contributed by atoms with Gasteiger partial charge in [0.25, 0.3) is 0 Å². The van der Waals surface area contributed by atoms with Crippen molar-refractivity contribution in [2.45, 2.75) is 26.3 Å². The summed E-state index contributed by atoms with van der Waals surface area (Å²) in [7, 11) is 1.65. The number of ether oxygens (including phenoxy) is 1. The molecule has 19 heavy (non-hydrogen) atoms. The zero-order valence-electron chi connectivity index (χ0n) is 12.0. The Morgan fingerprint density at radius 1 is 1.32 bits per heavy atom. The van der Waals surface area contributed by atoms with E-state index in [4.69, 9.17) is 4.74 Å². The molecule has 106 valence electrons. The fourth-order valence-corrected chi connectivity index (χ4v) is 1.84. The second-order valence-corrected chi connectivity index (χ2v) is 4.61. The van der Waals surface area contributed by atoms with Gasteiger partial charge in [0.15, 0.2) is 0 Å². The third kappa shape index (κ3) is 5.85. The molecule has 0 bridgehead atoms. The van der Waals surface area contributed by atoms with Crippen LogP contribution < -0.4 is 10.6 Å². The standard InChI is InChI=1S/C15H24N2O2/c1-4-14(13-7-5-12(2)6-8-13)17-15(18)11-16-9-10-19-3/h5-8,14,16H,4,9-11H2,1-3H3,(H,17,18). The Morgan fingerprint density at radius 2 is 2.00 bits per heavy atom. The summed E-state index contributed by atoms with van der Waals surface area (Å²) in [5.74, 6) is 0.0172. The van der Waals surface area contributed by atoms with E-state index in [0.29, 0.717) is 19.7 Å². The highest BCUT2D eigenvalue weighted by atomic mass is 16.5. The van der Waals surface area contributed by atoms with Crippen LogP contribution in [0.5, 0.6) is 0 Å². The lowest BCUT2D eigenvalue weighted by atomic mass is 10.0. The van der Waals surface area contributed by atoms with Crippen LogP contribution in [0.1, 0.15) is 30.5 Å². The van der Waals surface area contributed by atoms with Crippen molar-refractivity contribution in [1.29, 1.82) is 0 Å². The predicted molar refractivity (Wildman–Crippen MR) is 77.1 cm³/mol. The molecular weight excluding hydrogens is 240 g/mol.